The molecular formula is C16H11N3OS. The quantitative estimate of drug-likeness (QED) is 0.709. The van der Waals surface area contributed by atoms with Gasteiger partial charge in [0.05, 0.1) is 16.8 Å². The average Bonchev–Trinajstić information content (AvgIpc) is 3.20. The van der Waals surface area contributed by atoms with Crippen molar-refractivity contribution in [2.24, 2.45) is 0 Å². The Bertz CT molecular complexity index is 846. The number of H-pyrrole nitrogens is 1. The molecule has 3 heterocycles. The van der Waals surface area contributed by atoms with E-state index < -0.39 is 0 Å². The molecule has 0 unspecified atom stereocenters. The first kappa shape index (κ1) is 12.1. The molecule has 1 aliphatic rings. The zero-order valence-electron chi connectivity index (χ0n) is 11.0. The summed E-state index contributed by atoms with van der Waals surface area (Å²) in [5.74, 6) is -0.0745. The number of anilines is 1. The third kappa shape index (κ3) is 1.98. The van der Waals surface area contributed by atoms with Crippen molar-refractivity contribution >= 4 is 34.6 Å². The molecule has 0 saturated carbocycles. The van der Waals surface area contributed by atoms with E-state index in [9.17, 15) is 4.79 Å². The van der Waals surface area contributed by atoms with Gasteiger partial charge in [-0.25, -0.2) is 0 Å². The predicted octanol–water partition coefficient (Wildman–Crippen LogP) is 3.63. The van der Waals surface area contributed by atoms with Crippen LogP contribution in [0.2, 0.25) is 0 Å². The first-order valence-corrected chi connectivity index (χ1v) is 7.40. The lowest BCUT2D eigenvalue weighted by Gasteiger charge is -1.98. The molecule has 0 bridgehead atoms. The maximum atomic E-state index is 12.1. The number of benzene rings is 1. The van der Waals surface area contributed by atoms with Crippen molar-refractivity contribution in [2.75, 3.05) is 5.32 Å². The molecule has 0 spiro atoms. The molecule has 102 valence electrons. The Morgan fingerprint density at radius 3 is 2.90 bits per heavy atom. The maximum Gasteiger partial charge on any atom is 0.256 e. The van der Waals surface area contributed by atoms with Gasteiger partial charge in [0.15, 0.2) is 0 Å². The highest BCUT2D eigenvalue weighted by molar-refractivity contribution is 7.13. The minimum atomic E-state index is -0.0745. The summed E-state index contributed by atoms with van der Waals surface area (Å²) in [5, 5.41) is 12.0. The fourth-order valence-electron chi connectivity index (χ4n) is 2.46. The van der Waals surface area contributed by atoms with Crippen molar-refractivity contribution in [3.8, 4) is 10.6 Å². The fourth-order valence-corrected chi connectivity index (χ4v) is 3.20. The van der Waals surface area contributed by atoms with Gasteiger partial charge in [0.25, 0.3) is 5.91 Å². The van der Waals surface area contributed by atoms with Crippen LogP contribution in [0.5, 0.6) is 0 Å². The van der Waals surface area contributed by atoms with Crippen molar-refractivity contribution in [3.63, 3.8) is 0 Å². The standard InChI is InChI=1S/C16H11N3OS/c20-16-12(11-4-1-2-5-13(11)18-16)8-10-9-17-19-15(10)14-6-3-7-21-14/h1-9H,(H,17,19)(H,18,20)/b12-8-. The van der Waals surface area contributed by atoms with E-state index in [-0.39, 0.29) is 5.91 Å². The molecule has 2 N–H and O–H groups in total. The second kappa shape index (κ2) is 4.71. The molecule has 2 aromatic heterocycles. The van der Waals surface area contributed by atoms with Crippen molar-refractivity contribution in [1.29, 1.82) is 0 Å². The number of hydrogen-bond acceptors (Lipinski definition) is 3. The largest absolute Gasteiger partial charge is 0.321 e. The van der Waals surface area contributed by atoms with Crippen LogP contribution in [-0.4, -0.2) is 16.1 Å². The molecule has 0 atom stereocenters. The summed E-state index contributed by atoms with van der Waals surface area (Å²) in [6, 6.07) is 11.7. The minimum Gasteiger partial charge on any atom is -0.321 e. The molecule has 5 heteroatoms. The topological polar surface area (TPSA) is 57.8 Å². The lowest BCUT2D eigenvalue weighted by Crippen LogP contribution is -2.03. The third-order valence-electron chi connectivity index (χ3n) is 3.45. The van der Waals surface area contributed by atoms with Crippen LogP contribution >= 0.6 is 11.3 Å². The lowest BCUT2D eigenvalue weighted by atomic mass is 10.0. The van der Waals surface area contributed by atoms with E-state index in [1.807, 2.05) is 47.9 Å². The van der Waals surface area contributed by atoms with Crippen LogP contribution in [0, 0.1) is 0 Å². The van der Waals surface area contributed by atoms with E-state index in [0.29, 0.717) is 5.57 Å². The first-order chi connectivity index (χ1) is 10.3. The predicted molar refractivity (Wildman–Crippen MR) is 84.8 cm³/mol. The number of thiophene rings is 1. The number of nitrogens with zero attached hydrogens (tertiary/aromatic N) is 1. The van der Waals surface area contributed by atoms with Crippen LogP contribution in [0.25, 0.3) is 22.2 Å². The van der Waals surface area contributed by atoms with Crippen molar-refractivity contribution in [1.82, 2.24) is 10.2 Å². The molecule has 0 fully saturated rings. The monoisotopic (exact) mass is 293 g/mol. The van der Waals surface area contributed by atoms with Gasteiger partial charge in [0, 0.05) is 22.4 Å². The Morgan fingerprint density at radius 1 is 1.14 bits per heavy atom. The zero-order valence-corrected chi connectivity index (χ0v) is 11.8. The summed E-state index contributed by atoms with van der Waals surface area (Å²) >= 11 is 1.64. The number of aromatic amines is 1. The van der Waals surface area contributed by atoms with E-state index in [0.717, 1.165) is 27.4 Å². The van der Waals surface area contributed by atoms with Gasteiger partial charge in [0.1, 0.15) is 0 Å². The number of rotatable bonds is 2. The summed E-state index contributed by atoms with van der Waals surface area (Å²) in [6.45, 7) is 0. The summed E-state index contributed by atoms with van der Waals surface area (Å²) in [4.78, 5) is 13.3. The van der Waals surface area contributed by atoms with Gasteiger partial charge in [-0.2, -0.15) is 5.10 Å². The summed E-state index contributed by atoms with van der Waals surface area (Å²) in [6.07, 6.45) is 3.63. The third-order valence-corrected chi connectivity index (χ3v) is 4.33. The van der Waals surface area contributed by atoms with Crippen LogP contribution in [0.1, 0.15) is 11.1 Å². The highest BCUT2D eigenvalue weighted by Crippen LogP contribution is 2.34. The number of hydrogen-bond donors (Lipinski definition) is 2. The first-order valence-electron chi connectivity index (χ1n) is 6.52. The second-order valence-corrected chi connectivity index (χ2v) is 5.68. The Morgan fingerprint density at radius 2 is 2.05 bits per heavy atom. The van der Waals surface area contributed by atoms with Gasteiger partial charge < -0.3 is 5.32 Å². The van der Waals surface area contributed by atoms with Gasteiger partial charge in [0.2, 0.25) is 0 Å². The molecule has 1 aliphatic heterocycles. The Kier molecular flexibility index (Phi) is 2.72. The minimum absolute atomic E-state index is 0.0745. The molecule has 1 aromatic carbocycles. The van der Waals surface area contributed by atoms with E-state index in [1.54, 1.807) is 17.5 Å². The summed E-state index contributed by atoms with van der Waals surface area (Å²) in [7, 11) is 0. The number of para-hydroxylation sites is 1. The molecule has 0 aliphatic carbocycles. The molecule has 0 radical (unpaired) electrons. The van der Waals surface area contributed by atoms with E-state index in [1.165, 1.54) is 0 Å². The number of fused-ring (bicyclic) bond motifs is 1. The van der Waals surface area contributed by atoms with Crippen LogP contribution < -0.4 is 5.32 Å². The van der Waals surface area contributed by atoms with Crippen LogP contribution in [0.15, 0.2) is 48.0 Å². The maximum absolute atomic E-state index is 12.1. The van der Waals surface area contributed by atoms with Crippen LogP contribution in [0.4, 0.5) is 5.69 Å². The SMILES string of the molecule is O=C1Nc2ccccc2/C1=C/c1cn[nH]c1-c1cccs1. The summed E-state index contributed by atoms with van der Waals surface area (Å²) < 4.78 is 0. The highest BCUT2D eigenvalue weighted by atomic mass is 32.1. The molecule has 4 rings (SSSR count). The van der Waals surface area contributed by atoms with Gasteiger partial charge in [-0.05, 0) is 23.6 Å². The number of aromatic nitrogens is 2. The Balaban J connectivity index is 1.83. The van der Waals surface area contributed by atoms with Crippen molar-refractivity contribution < 1.29 is 4.79 Å². The molecule has 1 amide bonds. The molecule has 0 saturated heterocycles. The number of carbonyl (C=O) groups excluding carboxylic acids is 1. The van der Waals surface area contributed by atoms with Crippen LogP contribution in [0.3, 0.4) is 0 Å². The van der Waals surface area contributed by atoms with Gasteiger partial charge in [-0.15, -0.1) is 11.3 Å². The Labute approximate surface area is 125 Å². The van der Waals surface area contributed by atoms with Gasteiger partial charge in [-0.3, -0.25) is 9.89 Å². The highest BCUT2D eigenvalue weighted by Gasteiger charge is 2.24. The molecule has 21 heavy (non-hydrogen) atoms. The molecule has 3 aromatic rings. The molecular weight excluding hydrogens is 282 g/mol. The van der Waals surface area contributed by atoms with E-state index in [4.69, 9.17) is 0 Å². The van der Waals surface area contributed by atoms with E-state index >= 15 is 0 Å². The second-order valence-electron chi connectivity index (χ2n) is 4.74. The smallest absolute Gasteiger partial charge is 0.256 e. The molecule has 4 nitrogen and oxygen atoms in total. The van der Waals surface area contributed by atoms with Gasteiger partial charge >= 0.3 is 0 Å². The average molecular weight is 293 g/mol. The van der Waals surface area contributed by atoms with Crippen molar-refractivity contribution in [3.05, 3.63) is 59.1 Å². The normalized spacial score (nSPS) is 15.2. The number of amides is 1. The zero-order chi connectivity index (χ0) is 14.2. The summed E-state index contributed by atoms with van der Waals surface area (Å²) in [5.41, 5.74) is 4.31. The number of carbonyl (C=O) groups is 1. The van der Waals surface area contributed by atoms with Gasteiger partial charge in [-0.1, -0.05) is 24.3 Å². The number of nitrogens with one attached hydrogen (secondary N) is 2. The fraction of sp³-hybridized carbons (Fsp3) is 0. The lowest BCUT2D eigenvalue weighted by molar-refractivity contribution is -0.110. The Hall–Kier alpha value is -2.66. The van der Waals surface area contributed by atoms with Crippen LogP contribution in [-0.2, 0) is 4.79 Å². The van der Waals surface area contributed by atoms with E-state index in [2.05, 4.69) is 15.5 Å². The van der Waals surface area contributed by atoms with Crippen molar-refractivity contribution in [2.45, 2.75) is 0 Å².